The third kappa shape index (κ3) is 6.02. The molecular formula is C25H17BrF4N2O2. The molecule has 0 unspecified atom stereocenters. The third-order valence-corrected chi connectivity index (χ3v) is 5.55. The molecule has 1 amide bonds. The number of nitrogens with one attached hydrogen (secondary N) is 1. The Morgan fingerprint density at radius 3 is 2.53 bits per heavy atom. The predicted octanol–water partition coefficient (Wildman–Crippen LogP) is 6.75. The van der Waals surface area contributed by atoms with Crippen molar-refractivity contribution in [3.8, 4) is 11.8 Å². The molecule has 0 radical (unpaired) electrons. The minimum atomic E-state index is -4.57. The number of hydrogen-bond donors (Lipinski definition) is 1. The first-order valence-corrected chi connectivity index (χ1v) is 10.6. The van der Waals surface area contributed by atoms with Crippen molar-refractivity contribution >= 4 is 33.6 Å². The van der Waals surface area contributed by atoms with E-state index in [1.807, 2.05) is 0 Å². The van der Waals surface area contributed by atoms with Crippen LogP contribution in [0, 0.1) is 17.1 Å². The fourth-order valence-electron chi connectivity index (χ4n) is 3.19. The smallest absolute Gasteiger partial charge is 0.416 e. The van der Waals surface area contributed by atoms with Crippen LogP contribution in [0.4, 0.5) is 23.2 Å². The molecular weight excluding hydrogens is 516 g/mol. The molecule has 4 nitrogen and oxygen atoms in total. The molecule has 0 heterocycles. The van der Waals surface area contributed by atoms with Gasteiger partial charge in [-0.05, 0) is 53.6 Å². The zero-order valence-electron chi connectivity index (χ0n) is 17.7. The molecule has 0 fully saturated rings. The molecule has 9 heteroatoms. The van der Waals surface area contributed by atoms with Crippen LogP contribution in [0.2, 0.25) is 0 Å². The molecule has 0 atom stereocenters. The van der Waals surface area contributed by atoms with Crippen molar-refractivity contribution in [2.24, 2.45) is 0 Å². The Bertz CT molecular complexity index is 1300. The lowest BCUT2D eigenvalue weighted by atomic mass is 10.0. The van der Waals surface area contributed by atoms with Gasteiger partial charge in [-0.25, -0.2) is 4.39 Å². The van der Waals surface area contributed by atoms with Crippen LogP contribution in [0.3, 0.4) is 0 Å². The van der Waals surface area contributed by atoms with Crippen molar-refractivity contribution in [1.29, 1.82) is 5.26 Å². The van der Waals surface area contributed by atoms with Crippen molar-refractivity contribution < 1.29 is 27.1 Å². The van der Waals surface area contributed by atoms with Crippen LogP contribution >= 0.6 is 15.9 Å². The van der Waals surface area contributed by atoms with Gasteiger partial charge in [-0.1, -0.05) is 40.2 Å². The number of nitrogens with zero attached hydrogens (tertiary/aromatic N) is 1. The number of anilines is 1. The summed E-state index contributed by atoms with van der Waals surface area (Å²) in [5.74, 6) is -0.828. The zero-order chi connectivity index (χ0) is 24.9. The largest absolute Gasteiger partial charge is 0.496 e. The lowest BCUT2D eigenvalue weighted by molar-refractivity contribution is -0.137. The Kier molecular flexibility index (Phi) is 7.74. The van der Waals surface area contributed by atoms with Gasteiger partial charge < -0.3 is 10.1 Å². The number of benzene rings is 3. The number of nitriles is 1. The van der Waals surface area contributed by atoms with Gasteiger partial charge in [-0.15, -0.1) is 0 Å². The predicted molar refractivity (Wildman–Crippen MR) is 124 cm³/mol. The van der Waals surface area contributed by atoms with Gasteiger partial charge in [0.2, 0.25) is 0 Å². The summed E-state index contributed by atoms with van der Waals surface area (Å²) in [5, 5.41) is 11.8. The summed E-state index contributed by atoms with van der Waals surface area (Å²) in [7, 11) is 1.44. The minimum absolute atomic E-state index is 0.0972. The number of carbonyl (C=O) groups is 1. The molecule has 0 spiro atoms. The maximum Gasteiger partial charge on any atom is 0.416 e. The first kappa shape index (κ1) is 25.0. The molecule has 0 saturated carbocycles. The molecule has 0 aliphatic carbocycles. The van der Waals surface area contributed by atoms with E-state index in [0.717, 1.165) is 18.2 Å². The van der Waals surface area contributed by atoms with E-state index < -0.39 is 17.6 Å². The Balaban J connectivity index is 1.88. The van der Waals surface area contributed by atoms with E-state index >= 15 is 0 Å². The maximum atomic E-state index is 14.1. The molecule has 174 valence electrons. The van der Waals surface area contributed by atoms with Crippen LogP contribution in [0.25, 0.3) is 6.08 Å². The molecule has 0 aliphatic rings. The number of halogens is 5. The standard InChI is InChI=1S/C25H17BrF4N2O2/c1-34-23-11-15(10-21(26)20(23)12-16-5-2-3-8-22(16)27)9-17(14-31)24(33)32-19-7-4-6-18(13-19)25(28,29)30/h2-11,13H,12H2,1H3,(H,32,33)/b17-9+. The van der Waals surface area contributed by atoms with E-state index in [0.29, 0.717) is 26.9 Å². The number of rotatable bonds is 6. The van der Waals surface area contributed by atoms with E-state index in [1.54, 1.807) is 36.4 Å². The summed E-state index contributed by atoms with van der Waals surface area (Å²) in [6.07, 6.45) is -3.05. The van der Waals surface area contributed by atoms with Crippen molar-refractivity contribution in [1.82, 2.24) is 0 Å². The highest BCUT2D eigenvalue weighted by atomic mass is 79.9. The normalized spacial score (nSPS) is 11.6. The van der Waals surface area contributed by atoms with Gasteiger partial charge in [-0.3, -0.25) is 4.79 Å². The number of alkyl halides is 3. The first-order valence-electron chi connectivity index (χ1n) is 9.82. The number of methoxy groups -OCH3 is 1. The summed E-state index contributed by atoms with van der Waals surface area (Å²) < 4.78 is 58.8. The Morgan fingerprint density at radius 2 is 1.88 bits per heavy atom. The maximum absolute atomic E-state index is 14.1. The van der Waals surface area contributed by atoms with E-state index in [1.165, 1.54) is 25.3 Å². The molecule has 3 aromatic rings. The van der Waals surface area contributed by atoms with Crippen LogP contribution in [-0.4, -0.2) is 13.0 Å². The van der Waals surface area contributed by atoms with Gasteiger partial charge in [0, 0.05) is 22.1 Å². The number of amides is 1. The second-order valence-electron chi connectivity index (χ2n) is 7.15. The van der Waals surface area contributed by atoms with Crippen molar-refractivity contribution in [3.05, 3.63) is 98.8 Å². The summed E-state index contributed by atoms with van der Waals surface area (Å²) in [5.41, 5.74) is 0.205. The molecule has 0 saturated heterocycles. The van der Waals surface area contributed by atoms with Crippen LogP contribution < -0.4 is 10.1 Å². The number of hydrogen-bond acceptors (Lipinski definition) is 3. The van der Waals surface area contributed by atoms with E-state index in [4.69, 9.17) is 4.74 Å². The van der Waals surface area contributed by atoms with Crippen LogP contribution in [0.15, 0.2) is 70.7 Å². The van der Waals surface area contributed by atoms with E-state index in [9.17, 15) is 27.6 Å². The van der Waals surface area contributed by atoms with Gasteiger partial charge in [0.15, 0.2) is 0 Å². The SMILES string of the molecule is COc1cc(/C=C(\C#N)C(=O)Nc2cccc(C(F)(F)F)c2)cc(Br)c1Cc1ccccc1F. The topological polar surface area (TPSA) is 62.1 Å². The highest BCUT2D eigenvalue weighted by molar-refractivity contribution is 9.10. The fourth-order valence-corrected chi connectivity index (χ4v) is 3.79. The van der Waals surface area contributed by atoms with Crippen LogP contribution in [0.5, 0.6) is 5.75 Å². The van der Waals surface area contributed by atoms with Crippen LogP contribution in [0.1, 0.15) is 22.3 Å². The summed E-state index contributed by atoms with van der Waals surface area (Å²) in [4.78, 5) is 12.5. The Morgan fingerprint density at radius 1 is 1.15 bits per heavy atom. The average Bonchev–Trinajstić information content (AvgIpc) is 2.79. The second kappa shape index (κ2) is 10.5. The van der Waals surface area contributed by atoms with Crippen molar-refractivity contribution in [2.75, 3.05) is 12.4 Å². The molecule has 0 bridgehead atoms. The molecule has 1 N–H and O–H groups in total. The lowest BCUT2D eigenvalue weighted by Crippen LogP contribution is -2.14. The zero-order valence-corrected chi connectivity index (χ0v) is 19.3. The lowest BCUT2D eigenvalue weighted by Gasteiger charge is -2.13. The molecule has 0 aromatic heterocycles. The summed E-state index contributed by atoms with van der Waals surface area (Å²) in [6.45, 7) is 0. The highest BCUT2D eigenvalue weighted by Gasteiger charge is 2.30. The van der Waals surface area contributed by atoms with E-state index in [-0.39, 0.29) is 23.5 Å². The van der Waals surface area contributed by atoms with Crippen molar-refractivity contribution in [3.63, 3.8) is 0 Å². The van der Waals surface area contributed by atoms with Gasteiger partial charge in [0.1, 0.15) is 23.2 Å². The fraction of sp³-hybridized carbons (Fsp3) is 0.120. The van der Waals surface area contributed by atoms with Gasteiger partial charge in [-0.2, -0.15) is 18.4 Å². The molecule has 3 rings (SSSR count). The number of ether oxygens (including phenoxy) is 1. The minimum Gasteiger partial charge on any atom is -0.496 e. The third-order valence-electron chi connectivity index (χ3n) is 4.85. The van der Waals surface area contributed by atoms with Crippen LogP contribution in [-0.2, 0) is 17.4 Å². The van der Waals surface area contributed by atoms with E-state index in [2.05, 4.69) is 21.2 Å². The average molecular weight is 533 g/mol. The number of carbonyl (C=O) groups excluding carboxylic acids is 1. The quantitative estimate of drug-likeness (QED) is 0.217. The second-order valence-corrected chi connectivity index (χ2v) is 8.01. The summed E-state index contributed by atoms with van der Waals surface area (Å²) >= 11 is 3.43. The monoisotopic (exact) mass is 532 g/mol. The first-order chi connectivity index (χ1) is 16.1. The Labute approximate surface area is 201 Å². The molecule has 34 heavy (non-hydrogen) atoms. The highest BCUT2D eigenvalue weighted by Crippen LogP contribution is 2.33. The van der Waals surface area contributed by atoms with Crippen molar-refractivity contribution in [2.45, 2.75) is 12.6 Å². The van der Waals surface area contributed by atoms with Gasteiger partial charge >= 0.3 is 6.18 Å². The van der Waals surface area contributed by atoms with Gasteiger partial charge in [0.25, 0.3) is 5.91 Å². The Hall–Kier alpha value is -3.64. The van der Waals surface area contributed by atoms with Gasteiger partial charge in [0.05, 0.1) is 12.7 Å². The summed E-state index contributed by atoms with van der Waals surface area (Å²) in [6, 6.07) is 15.4. The molecule has 0 aliphatic heterocycles. The molecule has 3 aromatic carbocycles.